The number of rotatable bonds is 2. The molecule has 0 aromatic heterocycles. The van der Waals surface area contributed by atoms with Crippen molar-refractivity contribution in [2.45, 2.75) is 6.92 Å². The molecular weight excluding hydrogens is 278 g/mol. The Hall–Kier alpha value is -3.11. The number of aryl methyl sites for hydroxylation is 1. The molecule has 110 valence electrons. The van der Waals surface area contributed by atoms with Gasteiger partial charge in [0.15, 0.2) is 0 Å². The van der Waals surface area contributed by atoms with E-state index in [2.05, 4.69) is 35.9 Å². The van der Waals surface area contributed by atoms with Crippen molar-refractivity contribution < 1.29 is 0 Å². The Morgan fingerprint density at radius 2 is 1.43 bits per heavy atom. The monoisotopic (exact) mass is 295 g/mol. The molecule has 3 rings (SSSR count). The van der Waals surface area contributed by atoms with Crippen LogP contribution in [0.5, 0.6) is 0 Å². The molecule has 23 heavy (non-hydrogen) atoms. The fraction of sp³-hybridized carbons (Fsp3) is 0.0455. The smallest absolute Gasteiger partial charge is 0.0630 e. The van der Waals surface area contributed by atoms with E-state index in [1.807, 2.05) is 72.9 Å². The molecule has 0 saturated heterocycles. The Morgan fingerprint density at radius 1 is 0.739 bits per heavy atom. The first kappa shape index (κ1) is 14.8. The molecule has 0 amide bonds. The third-order valence-electron chi connectivity index (χ3n) is 3.46. The lowest BCUT2D eigenvalue weighted by atomic mass is 10.1. The van der Waals surface area contributed by atoms with Gasteiger partial charge in [-0.3, -0.25) is 4.99 Å². The largest absolute Gasteiger partial charge is 0.256 e. The summed E-state index contributed by atoms with van der Waals surface area (Å²) in [5.41, 5.74) is 5.20. The molecule has 0 aliphatic rings. The Bertz CT molecular complexity index is 863. The average molecular weight is 295 g/mol. The first-order chi connectivity index (χ1) is 11.3. The van der Waals surface area contributed by atoms with Crippen LogP contribution in [0.2, 0.25) is 0 Å². The Kier molecular flexibility index (Phi) is 4.66. The predicted molar refractivity (Wildman–Crippen MR) is 97.3 cm³/mol. The van der Waals surface area contributed by atoms with Crippen LogP contribution in [0.1, 0.15) is 22.3 Å². The molecule has 0 radical (unpaired) electrons. The second-order valence-corrected chi connectivity index (χ2v) is 5.30. The lowest BCUT2D eigenvalue weighted by Crippen LogP contribution is -1.87. The van der Waals surface area contributed by atoms with Gasteiger partial charge in [-0.25, -0.2) is 0 Å². The summed E-state index contributed by atoms with van der Waals surface area (Å²) in [5, 5.41) is 0. The van der Waals surface area contributed by atoms with Gasteiger partial charge in [0.2, 0.25) is 0 Å². The molecular formula is C22H17N. The van der Waals surface area contributed by atoms with Gasteiger partial charge in [-0.05, 0) is 37.3 Å². The number of benzene rings is 3. The summed E-state index contributed by atoms with van der Waals surface area (Å²) in [6.45, 7) is 2.07. The molecule has 0 bridgehead atoms. The Morgan fingerprint density at radius 3 is 2.22 bits per heavy atom. The van der Waals surface area contributed by atoms with Crippen LogP contribution >= 0.6 is 0 Å². The SMILES string of the molecule is Cc1ccc(N=Cc2ccccc2C#Cc2ccccc2)cc1. The summed E-state index contributed by atoms with van der Waals surface area (Å²) in [6.07, 6.45) is 1.87. The fourth-order valence-corrected chi connectivity index (χ4v) is 2.16. The summed E-state index contributed by atoms with van der Waals surface area (Å²) < 4.78 is 0. The fourth-order valence-electron chi connectivity index (χ4n) is 2.16. The second kappa shape index (κ2) is 7.24. The van der Waals surface area contributed by atoms with Crippen molar-refractivity contribution in [3.8, 4) is 11.8 Å². The van der Waals surface area contributed by atoms with Crippen molar-refractivity contribution in [3.05, 3.63) is 101 Å². The molecule has 0 spiro atoms. The predicted octanol–water partition coefficient (Wildman–Crippen LogP) is 5.15. The first-order valence-corrected chi connectivity index (χ1v) is 7.58. The van der Waals surface area contributed by atoms with Crippen LogP contribution < -0.4 is 0 Å². The van der Waals surface area contributed by atoms with Crippen LogP contribution in [0, 0.1) is 18.8 Å². The minimum Gasteiger partial charge on any atom is -0.256 e. The van der Waals surface area contributed by atoms with Crippen molar-refractivity contribution in [1.29, 1.82) is 0 Å². The minimum atomic E-state index is 0.946. The van der Waals surface area contributed by atoms with Gasteiger partial charge in [0.25, 0.3) is 0 Å². The highest BCUT2D eigenvalue weighted by Gasteiger charge is 1.96. The van der Waals surface area contributed by atoms with E-state index in [1.165, 1.54) is 5.56 Å². The number of aliphatic imine (C=N–C) groups is 1. The van der Waals surface area contributed by atoms with Crippen molar-refractivity contribution in [2.75, 3.05) is 0 Å². The number of nitrogens with zero attached hydrogens (tertiary/aromatic N) is 1. The molecule has 3 aromatic carbocycles. The van der Waals surface area contributed by atoms with Gasteiger partial charge in [0, 0.05) is 22.9 Å². The van der Waals surface area contributed by atoms with E-state index in [9.17, 15) is 0 Å². The zero-order chi connectivity index (χ0) is 15.9. The van der Waals surface area contributed by atoms with Gasteiger partial charge in [-0.15, -0.1) is 0 Å². The van der Waals surface area contributed by atoms with Crippen molar-refractivity contribution in [3.63, 3.8) is 0 Å². The molecule has 0 unspecified atom stereocenters. The Labute approximate surface area is 137 Å². The molecule has 3 aromatic rings. The minimum absolute atomic E-state index is 0.946. The zero-order valence-corrected chi connectivity index (χ0v) is 13.0. The highest BCUT2D eigenvalue weighted by atomic mass is 14.7. The van der Waals surface area contributed by atoms with E-state index >= 15 is 0 Å². The molecule has 0 N–H and O–H groups in total. The molecule has 0 aliphatic carbocycles. The van der Waals surface area contributed by atoms with E-state index < -0.39 is 0 Å². The number of hydrogen-bond donors (Lipinski definition) is 0. The molecule has 1 nitrogen and oxygen atoms in total. The molecule has 1 heteroatoms. The van der Waals surface area contributed by atoms with E-state index in [4.69, 9.17) is 0 Å². The third kappa shape index (κ3) is 4.18. The maximum absolute atomic E-state index is 4.54. The lowest BCUT2D eigenvalue weighted by molar-refractivity contribution is 1.44. The second-order valence-electron chi connectivity index (χ2n) is 5.30. The lowest BCUT2D eigenvalue weighted by Gasteiger charge is -1.98. The summed E-state index contributed by atoms with van der Waals surface area (Å²) >= 11 is 0. The van der Waals surface area contributed by atoms with Crippen LogP contribution in [-0.4, -0.2) is 6.21 Å². The topological polar surface area (TPSA) is 12.4 Å². The van der Waals surface area contributed by atoms with Gasteiger partial charge in [0.1, 0.15) is 0 Å². The van der Waals surface area contributed by atoms with Crippen molar-refractivity contribution >= 4 is 11.9 Å². The van der Waals surface area contributed by atoms with Crippen LogP contribution in [0.25, 0.3) is 0 Å². The van der Waals surface area contributed by atoms with Crippen molar-refractivity contribution in [1.82, 2.24) is 0 Å². The van der Waals surface area contributed by atoms with Gasteiger partial charge in [-0.2, -0.15) is 0 Å². The normalized spacial score (nSPS) is 10.3. The van der Waals surface area contributed by atoms with Crippen LogP contribution in [0.15, 0.2) is 83.9 Å². The van der Waals surface area contributed by atoms with Crippen molar-refractivity contribution in [2.24, 2.45) is 4.99 Å². The summed E-state index contributed by atoms with van der Waals surface area (Å²) in [4.78, 5) is 4.54. The van der Waals surface area contributed by atoms with Crippen LogP contribution in [0.3, 0.4) is 0 Å². The first-order valence-electron chi connectivity index (χ1n) is 7.58. The highest BCUT2D eigenvalue weighted by Crippen LogP contribution is 2.13. The quantitative estimate of drug-likeness (QED) is 0.458. The summed E-state index contributed by atoms with van der Waals surface area (Å²) in [7, 11) is 0. The molecule has 0 fully saturated rings. The van der Waals surface area contributed by atoms with Crippen LogP contribution in [-0.2, 0) is 0 Å². The van der Waals surface area contributed by atoms with Gasteiger partial charge in [-0.1, -0.05) is 65.9 Å². The van der Waals surface area contributed by atoms with Crippen LogP contribution in [0.4, 0.5) is 5.69 Å². The maximum atomic E-state index is 4.54. The zero-order valence-electron chi connectivity index (χ0n) is 13.0. The van der Waals surface area contributed by atoms with E-state index in [1.54, 1.807) is 0 Å². The average Bonchev–Trinajstić information content (AvgIpc) is 2.61. The molecule has 0 aliphatic heterocycles. The highest BCUT2D eigenvalue weighted by molar-refractivity contribution is 5.85. The van der Waals surface area contributed by atoms with Gasteiger partial charge < -0.3 is 0 Å². The molecule has 0 atom stereocenters. The Balaban J connectivity index is 1.86. The van der Waals surface area contributed by atoms with E-state index in [0.29, 0.717) is 0 Å². The number of hydrogen-bond acceptors (Lipinski definition) is 1. The van der Waals surface area contributed by atoms with Gasteiger partial charge in [0.05, 0.1) is 5.69 Å². The summed E-state index contributed by atoms with van der Waals surface area (Å²) in [5.74, 6) is 6.43. The standard InChI is InChI=1S/C22H17N/c1-18-11-15-22(16-12-18)23-17-21-10-6-5-9-20(21)14-13-19-7-3-2-4-8-19/h2-12,15-17H,1H3. The molecule has 0 saturated carbocycles. The maximum Gasteiger partial charge on any atom is 0.0630 e. The summed E-state index contributed by atoms with van der Waals surface area (Å²) in [6, 6.07) is 26.2. The molecule has 0 heterocycles. The van der Waals surface area contributed by atoms with Gasteiger partial charge >= 0.3 is 0 Å². The van der Waals surface area contributed by atoms with E-state index in [0.717, 1.165) is 22.4 Å². The third-order valence-corrected chi connectivity index (χ3v) is 3.46. The van der Waals surface area contributed by atoms with E-state index in [-0.39, 0.29) is 0 Å².